The van der Waals surface area contributed by atoms with Gasteiger partial charge >= 0.3 is 0 Å². The first-order valence-corrected chi connectivity index (χ1v) is 6.31. The largest absolute Gasteiger partial charge is 0.385 e. The molecule has 0 saturated carbocycles. The second-order valence-electron chi connectivity index (χ2n) is 4.42. The zero-order valence-corrected chi connectivity index (χ0v) is 10.3. The van der Waals surface area contributed by atoms with Gasteiger partial charge in [0.05, 0.1) is 0 Å². The summed E-state index contributed by atoms with van der Waals surface area (Å²) in [7, 11) is 1.78. The van der Waals surface area contributed by atoms with Gasteiger partial charge in [-0.3, -0.25) is 0 Å². The minimum atomic E-state index is 0.767. The van der Waals surface area contributed by atoms with E-state index in [1.165, 1.54) is 51.9 Å². The number of likely N-dealkylation sites (tertiary alicyclic amines) is 1. The Kier molecular flexibility index (Phi) is 6.98. The zero-order chi connectivity index (χ0) is 10.9. The molecule has 0 spiro atoms. The van der Waals surface area contributed by atoms with Gasteiger partial charge in [-0.1, -0.05) is 6.92 Å². The average molecular weight is 214 g/mol. The molecule has 1 aliphatic heterocycles. The predicted molar refractivity (Wildman–Crippen MR) is 64.2 cm³/mol. The van der Waals surface area contributed by atoms with E-state index in [1.54, 1.807) is 7.11 Å². The van der Waals surface area contributed by atoms with Crippen LogP contribution in [-0.4, -0.2) is 50.8 Å². The SMILES string of the molecule is CCCNC1CCN(CCCOC)CC1. The highest BCUT2D eigenvalue weighted by molar-refractivity contribution is 4.76. The Morgan fingerprint density at radius 1 is 1.33 bits per heavy atom. The Labute approximate surface area is 94.2 Å². The molecule has 0 bridgehead atoms. The van der Waals surface area contributed by atoms with E-state index >= 15 is 0 Å². The number of nitrogens with one attached hydrogen (secondary N) is 1. The minimum absolute atomic E-state index is 0.767. The molecular weight excluding hydrogens is 188 g/mol. The molecule has 3 heteroatoms. The summed E-state index contributed by atoms with van der Waals surface area (Å²) in [6, 6.07) is 0.767. The van der Waals surface area contributed by atoms with Gasteiger partial charge in [0.15, 0.2) is 0 Å². The number of ether oxygens (including phenoxy) is 1. The maximum atomic E-state index is 5.07. The maximum absolute atomic E-state index is 5.07. The van der Waals surface area contributed by atoms with Gasteiger partial charge in [0.2, 0.25) is 0 Å². The van der Waals surface area contributed by atoms with Crippen LogP contribution in [0.4, 0.5) is 0 Å². The van der Waals surface area contributed by atoms with E-state index in [4.69, 9.17) is 4.74 Å². The molecule has 1 heterocycles. The van der Waals surface area contributed by atoms with Crippen molar-refractivity contribution in [3.8, 4) is 0 Å². The normalized spacial score (nSPS) is 19.6. The Bertz CT molecular complexity index is 145. The molecule has 0 aromatic heterocycles. The van der Waals surface area contributed by atoms with Crippen LogP contribution in [0.1, 0.15) is 32.6 Å². The van der Waals surface area contributed by atoms with E-state index in [0.717, 1.165) is 12.6 Å². The molecule has 3 nitrogen and oxygen atoms in total. The third-order valence-electron chi connectivity index (χ3n) is 3.09. The number of piperidine rings is 1. The molecule has 0 amide bonds. The van der Waals surface area contributed by atoms with Crippen molar-refractivity contribution in [2.75, 3.05) is 39.9 Å². The number of hydrogen-bond acceptors (Lipinski definition) is 3. The first-order chi connectivity index (χ1) is 7.36. The molecular formula is C12H26N2O. The van der Waals surface area contributed by atoms with Crippen molar-refractivity contribution in [2.45, 2.75) is 38.6 Å². The van der Waals surface area contributed by atoms with Gasteiger partial charge in [0.1, 0.15) is 0 Å². The van der Waals surface area contributed by atoms with Gasteiger partial charge in [-0.05, 0) is 45.3 Å². The molecule has 15 heavy (non-hydrogen) atoms. The van der Waals surface area contributed by atoms with Crippen molar-refractivity contribution in [1.29, 1.82) is 0 Å². The van der Waals surface area contributed by atoms with Crippen LogP contribution >= 0.6 is 0 Å². The van der Waals surface area contributed by atoms with Crippen molar-refractivity contribution in [3.05, 3.63) is 0 Å². The van der Waals surface area contributed by atoms with Crippen LogP contribution in [0.3, 0.4) is 0 Å². The van der Waals surface area contributed by atoms with Crippen molar-refractivity contribution < 1.29 is 4.74 Å². The van der Waals surface area contributed by atoms with Gasteiger partial charge in [-0.25, -0.2) is 0 Å². The highest BCUT2D eigenvalue weighted by Crippen LogP contribution is 2.10. The van der Waals surface area contributed by atoms with E-state index in [0.29, 0.717) is 0 Å². The lowest BCUT2D eigenvalue weighted by molar-refractivity contribution is 0.153. The minimum Gasteiger partial charge on any atom is -0.385 e. The van der Waals surface area contributed by atoms with E-state index in [9.17, 15) is 0 Å². The summed E-state index contributed by atoms with van der Waals surface area (Å²) in [5.41, 5.74) is 0. The van der Waals surface area contributed by atoms with Crippen LogP contribution in [-0.2, 0) is 4.74 Å². The molecule has 0 aromatic carbocycles. The predicted octanol–water partition coefficient (Wildman–Crippen LogP) is 1.49. The fraction of sp³-hybridized carbons (Fsp3) is 1.00. The van der Waals surface area contributed by atoms with Crippen LogP contribution in [0.25, 0.3) is 0 Å². The van der Waals surface area contributed by atoms with Crippen LogP contribution in [0.5, 0.6) is 0 Å². The lowest BCUT2D eigenvalue weighted by Crippen LogP contribution is -2.43. The molecule has 0 aromatic rings. The number of nitrogens with zero attached hydrogens (tertiary/aromatic N) is 1. The lowest BCUT2D eigenvalue weighted by Gasteiger charge is -2.32. The highest BCUT2D eigenvalue weighted by Gasteiger charge is 2.17. The van der Waals surface area contributed by atoms with E-state index in [-0.39, 0.29) is 0 Å². The van der Waals surface area contributed by atoms with Gasteiger partial charge in [-0.2, -0.15) is 0 Å². The monoisotopic (exact) mass is 214 g/mol. The van der Waals surface area contributed by atoms with Gasteiger partial charge < -0.3 is 15.0 Å². The van der Waals surface area contributed by atoms with Gasteiger partial charge in [-0.15, -0.1) is 0 Å². The van der Waals surface area contributed by atoms with Crippen LogP contribution in [0.15, 0.2) is 0 Å². The first kappa shape index (κ1) is 12.9. The summed E-state index contributed by atoms with van der Waals surface area (Å²) in [4.78, 5) is 2.56. The summed E-state index contributed by atoms with van der Waals surface area (Å²) in [6.07, 6.45) is 5.04. The molecule has 1 N–H and O–H groups in total. The second-order valence-corrected chi connectivity index (χ2v) is 4.42. The number of methoxy groups -OCH3 is 1. The third-order valence-corrected chi connectivity index (χ3v) is 3.09. The fourth-order valence-electron chi connectivity index (χ4n) is 2.14. The quantitative estimate of drug-likeness (QED) is 0.650. The Balaban J connectivity index is 2.02. The van der Waals surface area contributed by atoms with Crippen molar-refractivity contribution >= 4 is 0 Å². The standard InChI is InChI=1S/C12H26N2O/c1-3-7-13-12-5-9-14(10-6-12)8-4-11-15-2/h12-13H,3-11H2,1-2H3. The lowest BCUT2D eigenvalue weighted by atomic mass is 10.0. The molecule has 0 aliphatic carbocycles. The van der Waals surface area contributed by atoms with E-state index < -0.39 is 0 Å². The Morgan fingerprint density at radius 3 is 2.67 bits per heavy atom. The van der Waals surface area contributed by atoms with Crippen LogP contribution in [0.2, 0.25) is 0 Å². The van der Waals surface area contributed by atoms with Gasteiger partial charge in [0.25, 0.3) is 0 Å². The Hall–Kier alpha value is -0.120. The first-order valence-electron chi connectivity index (χ1n) is 6.31. The van der Waals surface area contributed by atoms with Crippen LogP contribution in [0, 0.1) is 0 Å². The van der Waals surface area contributed by atoms with Crippen molar-refractivity contribution in [3.63, 3.8) is 0 Å². The molecule has 1 fully saturated rings. The highest BCUT2D eigenvalue weighted by atomic mass is 16.5. The molecule has 0 radical (unpaired) electrons. The number of rotatable bonds is 7. The number of hydrogen-bond donors (Lipinski definition) is 1. The molecule has 0 unspecified atom stereocenters. The molecule has 1 rings (SSSR count). The second kappa shape index (κ2) is 8.08. The van der Waals surface area contributed by atoms with Crippen molar-refractivity contribution in [1.82, 2.24) is 10.2 Å². The summed E-state index contributed by atoms with van der Waals surface area (Å²) in [5.74, 6) is 0. The Morgan fingerprint density at radius 2 is 2.07 bits per heavy atom. The van der Waals surface area contributed by atoms with E-state index in [1.807, 2.05) is 0 Å². The summed E-state index contributed by atoms with van der Waals surface area (Å²) in [5, 5.41) is 3.61. The average Bonchev–Trinajstić information content (AvgIpc) is 2.28. The van der Waals surface area contributed by atoms with Crippen molar-refractivity contribution in [2.24, 2.45) is 0 Å². The summed E-state index contributed by atoms with van der Waals surface area (Å²) < 4.78 is 5.07. The maximum Gasteiger partial charge on any atom is 0.0474 e. The third kappa shape index (κ3) is 5.50. The smallest absolute Gasteiger partial charge is 0.0474 e. The summed E-state index contributed by atoms with van der Waals surface area (Å²) >= 11 is 0. The van der Waals surface area contributed by atoms with Gasteiger partial charge in [0, 0.05) is 26.3 Å². The summed E-state index contributed by atoms with van der Waals surface area (Å²) in [6.45, 7) is 8.01. The van der Waals surface area contributed by atoms with E-state index in [2.05, 4.69) is 17.1 Å². The zero-order valence-electron chi connectivity index (χ0n) is 10.3. The molecule has 1 saturated heterocycles. The molecule has 90 valence electrons. The molecule has 1 aliphatic rings. The fourth-order valence-corrected chi connectivity index (χ4v) is 2.14. The van der Waals surface area contributed by atoms with Crippen LogP contribution < -0.4 is 5.32 Å². The topological polar surface area (TPSA) is 24.5 Å². The molecule has 0 atom stereocenters.